The fourth-order valence-electron chi connectivity index (χ4n) is 3.18. The highest BCUT2D eigenvalue weighted by Crippen LogP contribution is 2.14. The number of ether oxygens (including phenoxy) is 1. The molecular formula is C27H29N3O4. The van der Waals surface area contributed by atoms with Gasteiger partial charge in [0.25, 0.3) is 17.7 Å². The molecule has 7 heteroatoms. The minimum Gasteiger partial charge on any atom is -0.494 e. The van der Waals surface area contributed by atoms with Crippen molar-refractivity contribution in [3.8, 4) is 5.75 Å². The van der Waals surface area contributed by atoms with E-state index in [1.807, 2.05) is 6.07 Å². The minimum absolute atomic E-state index is 0.238. The Kier molecular flexibility index (Phi) is 9.22. The predicted octanol–water partition coefficient (Wildman–Crippen LogP) is 4.97. The maximum atomic E-state index is 12.3. The molecule has 3 aromatic rings. The number of anilines is 1. The number of benzene rings is 3. The summed E-state index contributed by atoms with van der Waals surface area (Å²) in [4.78, 5) is 36.9. The van der Waals surface area contributed by atoms with E-state index in [9.17, 15) is 14.4 Å². The molecule has 0 radical (unpaired) electrons. The molecule has 0 aliphatic heterocycles. The molecule has 0 unspecified atom stereocenters. The predicted molar refractivity (Wildman–Crippen MR) is 132 cm³/mol. The molecule has 0 spiro atoms. The van der Waals surface area contributed by atoms with E-state index in [0.29, 0.717) is 34.7 Å². The standard InChI is InChI=1S/C27H29N3O4/c1-2-3-4-8-19-34-24-17-13-22(14-18-24)27(33)30-29-26(32)21-11-15-23(16-12-21)28-25(31)20-9-6-5-7-10-20/h5-7,9-18H,2-4,8,19H2,1H3,(H,28,31)(H,29,32)(H,30,33). The lowest BCUT2D eigenvalue weighted by molar-refractivity contribution is 0.0846. The third kappa shape index (κ3) is 7.48. The molecule has 176 valence electrons. The SMILES string of the molecule is CCCCCCOc1ccc(C(=O)NNC(=O)c2ccc(NC(=O)c3ccccc3)cc2)cc1. The van der Waals surface area contributed by atoms with E-state index in [2.05, 4.69) is 23.1 Å². The fourth-order valence-corrected chi connectivity index (χ4v) is 3.18. The van der Waals surface area contributed by atoms with Gasteiger partial charge < -0.3 is 10.1 Å². The van der Waals surface area contributed by atoms with Gasteiger partial charge in [-0.15, -0.1) is 0 Å². The van der Waals surface area contributed by atoms with Crippen LogP contribution in [0.5, 0.6) is 5.75 Å². The normalized spacial score (nSPS) is 10.3. The molecule has 0 heterocycles. The van der Waals surface area contributed by atoms with E-state index in [-0.39, 0.29) is 5.91 Å². The quantitative estimate of drug-likeness (QED) is 0.294. The Morgan fingerprint density at radius 3 is 1.79 bits per heavy atom. The molecule has 0 saturated carbocycles. The highest BCUT2D eigenvalue weighted by atomic mass is 16.5. The molecule has 0 saturated heterocycles. The van der Waals surface area contributed by atoms with E-state index in [4.69, 9.17) is 4.74 Å². The van der Waals surface area contributed by atoms with Crippen molar-refractivity contribution >= 4 is 23.4 Å². The molecule has 0 aromatic heterocycles. The van der Waals surface area contributed by atoms with Crippen molar-refractivity contribution < 1.29 is 19.1 Å². The summed E-state index contributed by atoms with van der Waals surface area (Å²) in [5, 5.41) is 2.77. The number of rotatable bonds is 10. The number of amides is 3. The monoisotopic (exact) mass is 459 g/mol. The van der Waals surface area contributed by atoms with Crippen LogP contribution in [0.3, 0.4) is 0 Å². The summed E-state index contributed by atoms with van der Waals surface area (Å²) in [5.41, 5.74) is 6.63. The largest absolute Gasteiger partial charge is 0.494 e. The Labute approximate surface area is 199 Å². The van der Waals surface area contributed by atoms with Crippen LogP contribution in [0.1, 0.15) is 63.7 Å². The summed E-state index contributed by atoms with van der Waals surface area (Å²) in [7, 11) is 0. The summed E-state index contributed by atoms with van der Waals surface area (Å²) < 4.78 is 5.67. The van der Waals surface area contributed by atoms with Crippen LogP contribution in [0.25, 0.3) is 0 Å². The zero-order chi connectivity index (χ0) is 24.2. The lowest BCUT2D eigenvalue weighted by atomic mass is 10.1. The van der Waals surface area contributed by atoms with Crippen LogP contribution in [-0.2, 0) is 0 Å². The van der Waals surface area contributed by atoms with Crippen LogP contribution in [0.4, 0.5) is 5.69 Å². The van der Waals surface area contributed by atoms with E-state index in [1.165, 1.54) is 12.8 Å². The van der Waals surface area contributed by atoms with Gasteiger partial charge in [-0.1, -0.05) is 44.4 Å². The second kappa shape index (κ2) is 12.8. The number of nitrogens with one attached hydrogen (secondary N) is 3. The van der Waals surface area contributed by atoms with Crippen LogP contribution < -0.4 is 20.9 Å². The van der Waals surface area contributed by atoms with Gasteiger partial charge in [-0.2, -0.15) is 0 Å². The van der Waals surface area contributed by atoms with E-state index < -0.39 is 11.8 Å². The topological polar surface area (TPSA) is 96.5 Å². The zero-order valence-corrected chi connectivity index (χ0v) is 19.2. The average molecular weight is 460 g/mol. The van der Waals surface area contributed by atoms with Crippen molar-refractivity contribution in [2.24, 2.45) is 0 Å². The van der Waals surface area contributed by atoms with Crippen LogP contribution in [0, 0.1) is 0 Å². The number of carbonyl (C=O) groups is 3. The highest BCUT2D eigenvalue weighted by Gasteiger charge is 2.10. The summed E-state index contributed by atoms with van der Waals surface area (Å²) in [6.45, 7) is 2.81. The Balaban J connectivity index is 1.44. The lowest BCUT2D eigenvalue weighted by Crippen LogP contribution is -2.41. The van der Waals surface area contributed by atoms with Crippen molar-refractivity contribution in [1.82, 2.24) is 10.9 Å². The Morgan fingerprint density at radius 2 is 1.21 bits per heavy atom. The van der Waals surface area contributed by atoms with E-state index in [0.717, 1.165) is 12.8 Å². The summed E-state index contributed by atoms with van der Waals surface area (Å²) in [5.74, 6) is -0.439. The molecule has 3 N–H and O–H groups in total. The van der Waals surface area contributed by atoms with Crippen molar-refractivity contribution in [2.45, 2.75) is 32.6 Å². The number of hydrogen-bond acceptors (Lipinski definition) is 4. The third-order valence-electron chi connectivity index (χ3n) is 5.11. The van der Waals surface area contributed by atoms with Gasteiger partial charge in [0.05, 0.1) is 6.61 Å². The van der Waals surface area contributed by atoms with E-state index in [1.54, 1.807) is 72.8 Å². The summed E-state index contributed by atoms with van der Waals surface area (Å²) in [6, 6.07) is 22.0. The van der Waals surface area contributed by atoms with Crippen molar-refractivity contribution in [2.75, 3.05) is 11.9 Å². The first kappa shape index (κ1) is 24.5. The molecule has 0 aliphatic rings. The maximum absolute atomic E-state index is 12.3. The second-order valence-corrected chi connectivity index (χ2v) is 7.74. The van der Waals surface area contributed by atoms with Crippen LogP contribution >= 0.6 is 0 Å². The lowest BCUT2D eigenvalue weighted by Gasteiger charge is -2.10. The van der Waals surface area contributed by atoms with Crippen molar-refractivity contribution in [3.05, 3.63) is 95.6 Å². The first-order valence-corrected chi connectivity index (χ1v) is 11.4. The molecular weight excluding hydrogens is 430 g/mol. The highest BCUT2D eigenvalue weighted by molar-refractivity contribution is 6.04. The van der Waals surface area contributed by atoms with Gasteiger partial charge in [0.1, 0.15) is 5.75 Å². The van der Waals surface area contributed by atoms with Gasteiger partial charge in [-0.25, -0.2) is 0 Å². The molecule has 0 fully saturated rings. The molecule has 3 aromatic carbocycles. The number of hydrogen-bond donors (Lipinski definition) is 3. The molecule has 3 amide bonds. The number of hydrazine groups is 1. The van der Waals surface area contributed by atoms with Gasteiger partial charge in [0.2, 0.25) is 0 Å². The second-order valence-electron chi connectivity index (χ2n) is 7.74. The number of unbranched alkanes of at least 4 members (excludes halogenated alkanes) is 3. The fraction of sp³-hybridized carbons (Fsp3) is 0.222. The molecule has 0 aliphatic carbocycles. The summed E-state index contributed by atoms with van der Waals surface area (Å²) in [6.07, 6.45) is 4.52. The van der Waals surface area contributed by atoms with Gasteiger partial charge in [0, 0.05) is 22.4 Å². The first-order valence-electron chi connectivity index (χ1n) is 11.4. The van der Waals surface area contributed by atoms with Gasteiger partial charge in [-0.3, -0.25) is 25.2 Å². The zero-order valence-electron chi connectivity index (χ0n) is 19.2. The van der Waals surface area contributed by atoms with Gasteiger partial charge >= 0.3 is 0 Å². The Morgan fingerprint density at radius 1 is 0.647 bits per heavy atom. The minimum atomic E-state index is -0.471. The molecule has 34 heavy (non-hydrogen) atoms. The van der Waals surface area contributed by atoms with Gasteiger partial charge in [-0.05, 0) is 67.1 Å². The van der Waals surface area contributed by atoms with Crippen LogP contribution in [0.15, 0.2) is 78.9 Å². The van der Waals surface area contributed by atoms with Crippen molar-refractivity contribution in [1.29, 1.82) is 0 Å². The van der Waals surface area contributed by atoms with E-state index >= 15 is 0 Å². The Hall–Kier alpha value is -4.13. The van der Waals surface area contributed by atoms with Crippen LogP contribution in [-0.4, -0.2) is 24.3 Å². The molecule has 7 nitrogen and oxygen atoms in total. The Bertz CT molecular complexity index is 1080. The summed E-state index contributed by atoms with van der Waals surface area (Å²) >= 11 is 0. The molecule has 3 rings (SSSR count). The molecule has 0 atom stereocenters. The van der Waals surface area contributed by atoms with Crippen LogP contribution in [0.2, 0.25) is 0 Å². The first-order chi connectivity index (χ1) is 16.6. The smallest absolute Gasteiger partial charge is 0.269 e. The average Bonchev–Trinajstić information content (AvgIpc) is 2.88. The third-order valence-corrected chi connectivity index (χ3v) is 5.11. The number of carbonyl (C=O) groups excluding carboxylic acids is 3. The maximum Gasteiger partial charge on any atom is 0.269 e. The molecule has 0 bridgehead atoms. The van der Waals surface area contributed by atoms with Gasteiger partial charge in [0.15, 0.2) is 0 Å². The van der Waals surface area contributed by atoms with Crippen molar-refractivity contribution in [3.63, 3.8) is 0 Å².